The van der Waals surface area contributed by atoms with E-state index in [4.69, 9.17) is 33.5 Å². The van der Waals surface area contributed by atoms with Crippen LogP contribution in [0.3, 0.4) is 0 Å². The van der Waals surface area contributed by atoms with Gasteiger partial charge in [0.1, 0.15) is 12.7 Å². The predicted molar refractivity (Wildman–Crippen MR) is 219 cm³/mol. The highest BCUT2D eigenvalue weighted by atomic mass is 32.2. The Morgan fingerprint density at radius 1 is 0.797 bits per heavy atom. The van der Waals surface area contributed by atoms with Crippen LogP contribution in [-0.2, 0) is 43.1 Å². The van der Waals surface area contributed by atoms with Gasteiger partial charge in [-0.25, -0.2) is 18.0 Å². The van der Waals surface area contributed by atoms with Crippen molar-refractivity contribution in [3.8, 4) is 0 Å². The zero-order valence-electron chi connectivity index (χ0n) is 33.8. The lowest BCUT2D eigenvalue weighted by Crippen LogP contribution is -2.39. The van der Waals surface area contributed by atoms with Crippen LogP contribution in [0.5, 0.6) is 0 Å². The van der Waals surface area contributed by atoms with Crippen LogP contribution >= 0.6 is 0 Å². The Kier molecular flexibility index (Phi) is 15.5. The first-order valence-electron chi connectivity index (χ1n) is 20.5. The number of hydrogen-bond acceptors (Lipinski definition) is 11. The van der Waals surface area contributed by atoms with Crippen LogP contribution in [0.4, 0.5) is 0 Å². The van der Waals surface area contributed by atoms with Crippen LogP contribution in [0.25, 0.3) is 0 Å². The summed E-state index contributed by atoms with van der Waals surface area (Å²) in [6.45, 7) is 6.12. The third-order valence-electron chi connectivity index (χ3n) is 11.5. The molecule has 59 heavy (non-hydrogen) atoms. The molecule has 13 heteroatoms. The molecule has 3 fully saturated rings. The van der Waals surface area contributed by atoms with Gasteiger partial charge >= 0.3 is 17.9 Å². The van der Waals surface area contributed by atoms with E-state index in [1.54, 1.807) is 91.0 Å². The summed E-state index contributed by atoms with van der Waals surface area (Å²) in [6.07, 6.45) is 1.10. The second-order valence-corrected chi connectivity index (χ2v) is 18.1. The summed E-state index contributed by atoms with van der Waals surface area (Å²) in [5, 5.41) is 9.11. The maximum atomic E-state index is 14.0. The van der Waals surface area contributed by atoms with Crippen molar-refractivity contribution in [2.75, 3.05) is 19.5 Å². The van der Waals surface area contributed by atoms with E-state index >= 15 is 0 Å². The molecule has 318 valence electrons. The molecule has 3 aromatic carbocycles. The maximum absolute atomic E-state index is 14.0. The molecule has 3 saturated heterocycles. The summed E-state index contributed by atoms with van der Waals surface area (Å²) in [5.74, 6) is -2.54. The SMILES string of the molecule is C=C1C[C@H](CCC(=O)O)O[C@H]1CCC1C[C@@H](C)CC(CC2OC(C[C@@H](COC(=O)c3ccccc3)OC(=O)c3ccccc3)[C@H](OC)C2CS(=O)(=O)c2ccccc2)O1. The number of benzene rings is 3. The lowest BCUT2D eigenvalue weighted by atomic mass is 9.86. The first kappa shape index (κ1) is 44.2. The molecule has 3 aromatic rings. The van der Waals surface area contributed by atoms with Crippen molar-refractivity contribution in [2.24, 2.45) is 11.8 Å². The molecule has 3 heterocycles. The van der Waals surface area contributed by atoms with Crippen molar-refractivity contribution in [3.63, 3.8) is 0 Å². The van der Waals surface area contributed by atoms with E-state index in [0.717, 1.165) is 24.8 Å². The van der Waals surface area contributed by atoms with Crippen molar-refractivity contribution >= 4 is 27.7 Å². The number of carbonyl (C=O) groups is 3. The standard InChI is InChI=1S/C46H56O12S/c1-30-23-34(19-21-40-31(2)25-35(56-40)20-22-43(47)48)55-36(24-30)26-41-39(29-59(51,52)38-17-11-6-12-18-38)44(53-3)42(58-41)27-37(57-46(50)33-15-9-5-10-16-33)28-54-45(49)32-13-7-4-8-14-32/h4-18,30,34-37,39-42,44H,2,19-29H2,1,3H3,(H,47,48)/t30-,34?,35+,36?,37+,39?,40+,41?,42?,44-/m1/s1. The van der Waals surface area contributed by atoms with Crippen LogP contribution in [0, 0.1) is 11.8 Å². The summed E-state index contributed by atoms with van der Waals surface area (Å²) in [7, 11) is -2.27. The van der Waals surface area contributed by atoms with E-state index in [-0.39, 0.29) is 54.5 Å². The molecule has 12 nitrogen and oxygen atoms in total. The molecular weight excluding hydrogens is 777 g/mol. The molecule has 0 aromatic heterocycles. The molecule has 0 radical (unpaired) electrons. The number of rotatable bonds is 19. The number of methoxy groups -OCH3 is 1. The fourth-order valence-corrected chi connectivity index (χ4v) is 10.4. The number of carboxylic acids is 1. The fraction of sp³-hybridized carbons (Fsp3) is 0.500. The Morgan fingerprint density at radius 2 is 1.42 bits per heavy atom. The molecule has 0 aliphatic carbocycles. The first-order valence-corrected chi connectivity index (χ1v) is 22.2. The van der Waals surface area contributed by atoms with Crippen molar-refractivity contribution in [1.29, 1.82) is 0 Å². The smallest absolute Gasteiger partial charge is 0.338 e. The van der Waals surface area contributed by atoms with Crippen molar-refractivity contribution < 1.29 is 56.3 Å². The molecule has 3 aliphatic rings. The number of carbonyl (C=O) groups excluding carboxylic acids is 2. The molecular formula is C46H56O12S. The van der Waals surface area contributed by atoms with E-state index in [1.165, 1.54) is 7.11 Å². The van der Waals surface area contributed by atoms with E-state index in [9.17, 15) is 22.8 Å². The van der Waals surface area contributed by atoms with E-state index < -0.39 is 58.1 Å². The molecule has 6 rings (SSSR count). The highest BCUT2D eigenvalue weighted by Crippen LogP contribution is 2.40. The minimum Gasteiger partial charge on any atom is -0.481 e. The van der Waals surface area contributed by atoms with Gasteiger partial charge in [0, 0.05) is 32.3 Å². The Balaban J connectivity index is 1.18. The Morgan fingerprint density at radius 3 is 2.07 bits per heavy atom. The number of esters is 2. The summed E-state index contributed by atoms with van der Waals surface area (Å²) < 4.78 is 65.3. The molecule has 1 N–H and O–H groups in total. The molecule has 0 spiro atoms. The number of aliphatic carboxylic acids is 1. The van der Waals surface area contributed by atoms with Gasteiger partial charge in [0.15, 0.2) is 9.84 Å². The summed E-state index contributed by atoms with van der Waals surface area (Å²) >= 11 is 0. The van der Waals surface area contributed by atoms with E-state index in [1.807, 2.05) is 0 Å². The van der Waals surface area contributed by atoms with Gasteiger partial charge in [-0.2, -0.15) is 0 Å². The summed E-state index contributed by atoms with van der Waals surface area (Å²) in [5.41, 5.74) is 1.65. The van der Waals surface area contributed by atoms with E-state index in [2.05, 4.69) is 13.5 Å². The second-order valence-electron chi connectivity index (χ2n) is 16.1. The Hall–Kier alpha value is -4.40. The summed E-state index contributed by atoms with van der Waals surface area (Å²) in [4.78, 5) is 37.6. The van der Waals surface area contributed by atoms with Gasteiger partial charge in [-0.3, -0.25) is 4.79 Å². The summed E-state index contributed by atoms with van der Waals surface area (Å²) in [6, 6.07) is 25.3. The Bertz CT molecular complexity index is 1960. The molecule has 3 aliphatic heterocycles. The molecule has 0 amide bonds. The number of carboxylic acid groups (broad SMARTS) is 1. The second kappa shape index (κ2) is 20.7. The van der Waals surface area contributed by atoms with E-state index in [0.29, 0.717) is 42.7 Å². The molecule has 5 unspecified atom stereocenters. The zero-order valence-corrected chi connectivity index (χ0v) is 34.6. The van der Waals surface area contributed by atoms with Gasteiger partial charge in [0.2, 0.25) is 0 Å². The molecule has 10 atom stereocenters. The van der Waals surface area contributed by atoms with Gasteiger partial charge in [0.25, 0.3) is 0 Å². The normalized spacial score (nSPS) is 27.6. The highest BCUT2D eigenvalue weighted by molar-refractivity contribution is 7.91. The predicted octanol–water partition coefficient (Wildman–Crippen LogP) is 7.26. The monoisotopic (exact) mass is 832 g/mol. The van der Waals surface area contributed by atoms with Crippen LogP contribution in [0.1, 0.15) is 85.4 Å². The average Bonchev–Trinajstić information content (AvgIpc) is 3.75. The highest BCUT2D eigenvalue weighted by Gasteiger charge is 2.49. The van der Waals surface area contributed by atoms with Gasteiger partial charge < -0.3 is 33.5 Å². The number of ether oxygens (including phenoxy) is 6. The van der Waals surface area contributed by atoms with Crippen LogP contribution in [0.2, 0.25) is 0 Å². The van der Waals surface area contributed by atoms with Crippen LogP contribution in [0.15, 0.2) is 108 Å². The largest absolute Gasteiger partial charge is 0.481 e. The van der Waals surface area contributed by atoms with Gasteiger partial charge in [-0.05, 0) is 86.4 Å². The topological polar surface area (TPSA) is 161 Å². The molecule has 0 bridgehead atoms. The maximum Gasteiger partial charge on any atom is 0.338 e. The quantitative estimate of drug-likeness (QED) is 0.0953. The minimum absolute atomic E-state index is 0.0540. The van der Waals surface area contributed by atoms with Crippen LogP contribution in [-0.4, -0.2) is 99.7 Å². The third-order valence-corrected chi connectivity index (χ3v) is 13.3. The minimum atomic E-state index is -3.79. The van der Waals surface area contributed by atoms with Gasteiger partial charge in [-0.15, -0.1) is 0 Å². The fourth-order valence-electron chi connectivity index (χ4n) is 8.68. The van der Waals surface area contributed by atoms with Gasteiger partial charge in [0.05, 0.1) is 64.5 Å². The van der Waals surface area contributed by atoms with Crippen molar-refractivity contribution in [1.82, 2.24) is 0 Å². The first-order chi connectivity index (χ1) is 28.4. The van der Waals surface area contributed by atoms with Crippen LogP contribution < -0.4 is 0 Å². The lowest BCUT2D eigenvalue weighted by Gasteiger charge is -2.36. The molecule has 0 saturated carbocycles. The zero-order chi connectivity index (χ0) is 41.9. The third kappa shape index (κ3) is 12.3. The number of hydrogen-bond donors (Lipinski definition) is 1. The number of sulfone groups is 1. The van der Waals surface area contributed by atoms with Gasteiger partial charge in [-0.1, -0.05) is 68.1 Å². The van der Waals surface area contributed by atoms with Crippen molar-refractivity contribution in [2.45, 2.75) is 118 Å². The van der Waals surface area contributed by atoms with Crippen molar-refractivity contribution in [3.05, 3.63) is 114 Å². The average molecular weight is 833 g/mol. The Labute approximate surface area is 347 Å². The lowest BCUT2D eigenvalue weighted by molar-refractivity contribution is -0.137.